The fraction of sp³-hybridized carbons (Fsp3) is 0.308. The van der Waals surface area contributed by atoms with Gasteiger partial charge in [-0.05, 0) is 24.6 Å². The maximum Gasteiger partial charge on any atom is 0.416 e. The summed E-state index contributed by atoms with van der Waals surface area (Å²) in [4.78, 5) is 0. The predicted molar refractivity (Wildman–Crippen MR) is 68.5 cm³/mol. The number of hydrogen-bond donors (Lipinski definition) is 2. The lowest BCUT2D eigenvalue weighted by Gasteiger charge is -2.21. The van der Waals surface area contributed by atoms with E-state index in [1.165, 1.54) is 12.1 Å². The van der Waals surface area contributed by atoms with Gasteiger partial charge >= 0.3 is 6.18 Å². The van der Waals surface area contributed by atoms with E-state index < -0.39 is 17.8 Å². The summed E-state index contributed by atoms with van der Waals surface area (Å²) in [5, 5.41) is 4.06. The standard InChI is InChI=1S/C13H15F3N4/c1-2-20-11(7-8-18-20)12(19-17)9-5-3-4-6-10(9)13(14,15)16/h3-8,12,19H,2,17H2,1H3. The van der Waals surface area contributed by atoms with Gasteiger partial charge in [-0.15, -0.1) is 0 Å². The van der Waals surface area contributed by atoms with Crippen molar-refractivity contribution < 1.29 is 13.2 Å². The van der Waals surface area contributed by atoms with Crippen LogP contribution in [0, 0.1) is 0 Å². The summed E-state index contributed by atoms with van der Waals surface area (Å²) in [5.74, 6) is 5.47. The molecule has 0 saturated heterocycles. The molecule has 0 aliphatic heterocycles. The number of halogens is 3. The van der Waals surface area contributed by atoms with Crippen molar-refractivity contribution in [2.45, 2.75) is 25.7 Å². The number of nitrogens with two attached hydrogens (primary N) is 1. The molecule has 7 heteroatoms. The van der Waals surface area contributed by atoms with Crippen molar-refractivity contribution in [2.75, 3.05) is 0 Å². The summed E-state index contributed by atoms with van der Waals surface area (Å²) in [6.45, 7) is 2.41. The molecule has 0 fully saturated rings. The first kappa shape index (κ1) is 14.5. The molecule has 0 spiro atoms. The monoisotopic (exact) mass is 284 g/mol. The van der Waals surface area contributed by atoms with Gasteiger partial charge in [-0.1, -0.05) is 18.2 Å². The molecule has 1 atom stereocenters. The first-order valence-corrected chi connectivity index (χ1v) is 6.13. The van der Waals surface area contributed by atoms with E-state index in [0.29, 0.717) is 12.2 Å². The Labute approximate surface area is 114 Å². The quantitative estimate of drug-likeness (QED) is 0.670. The van der Waals surface area contributed by atoms with Gasteiger partial charge in [0, 0.05) is 12.7 Å². The molecule has 0 radical (unpaired) electrons. The molecule has 0 saturated carbocycles. The second-order valence-electron chi connectivity index (χ2n) is 4.26. The van der Waals surface area contributed by atoms with Gasteiger partial charge in [0.25, 0.3) is 0 Å². The van der Waals surface area contributed by atoms with Gasteiger partial charge in [0.1, 0.15) is 0 Å². The van der Waals surface area contributed by atoms with Crippen molar-refractivity contribution in [3.8, 4) is 0 Å². The van der Waals surface area contributed by atoms with Crippen LogP contribution in [0.5, 0.6) is 0 Å². The van der Waals surface area contributed by atoms with E-state index in [0.717, 1.165) is 6.07 Å². The van der Waals surface area contributed by atoms with E-state index in [1.54, 1.807) is 23.0 Å². The highest BCUT2D eigenvalue weighted by Crippen LogP contribution is 2.36. The highest BCUT2D eigenvalue weighted by Gasteiger charge is 2.35. The zero-order valence-electron chi connectivity index (χ0n) is 10.9. The number of hydrogen-bond acceptors (Lipinski definition) is 3. The lowest BCUT2D eigenvalue weighted by Crippen LogP contribution is -2.32. The van der Waals surface area contributed by atoms with Crippen molar-refractivity contribution in [3.05, 3.63) is 53.3 Å². The fourth-order valence-electron chi connectivity index (χ4n) is 2.19. The average molecular weight is 284 g/mol. The molecule has 0 aliphatic carbocycles. The van der Waals surface area contributed by atoms with Crippen molar-refractivity contribution in [1.82, 2.24) is 15.2 Å². The molecule has 1 unspecified atom stereocenters. The Kier molecular flexibility index (Phi) is 4.10. The molecule has 0 aliphatic rings. The highest BCUT2D eigenvalue weighted by atomic mass is 19.4. The summed E-state index contributed by atoms with van der Waals surface area (Å²) in [7, 11) is 0. The van der Waals surface area contributed by atoms with Crippen LogP contribution in [0.4, 0.5) is 13.2 Å². The number of nitrogens with zero attached hydrogens (tertiary/aromatic N) is 2. The number of nitrogens with one attached hydrogen (secondary N) is 1. The normalized spacial score (nSPS) is 13.4. The zero-order chi connectivity index (χ0) is 14.8. The summed E-state index contributed by atoms with van der Waals surface area (Å²) < 4.78 is 40.8. The third-order valence-electron chi connectivity index (χ3n) is 3.09. The maximum absolute atomic E-state index is 13.1. The third-order valence-corrected chi connectivity index (χ3v) is 3.09. The minimum atomic E-state index is -4.43. The van der Waals surface area contributed by atoms with Gasteiger partial charge in [-0.2, -0.15) is 18.3 Å². The summed E-state index contributed by atoms with van der Waals surface area (Å²) in [6, 6.07) is 6.27. The van der Waals surface area contributed by atoms with Crippen LogP contribution in [0.3, 0.4) is 0 Å². The van der Waals surface area contributed by atoms with Crippen molar-refractivity contribution in [2.24, 2.45) is 5.84 Å². The molecule has 4 nitrogen and oxygen atoms in total. The second kappa shape index (κ2) is 5.64. The Hall–Kier alpha value is -1.86. The lowest BCUT2D eigenvalue weighted by molar-refractivity contribution is -0.138. The second-order valence-corrected chi connectivity index (χ2v) is 4.26. The van der Waals surface area contributed by atoms with Crippen LogP contribution < -0.4 is 11.3 Å². The minimum absolute atomic E-state index is 0.0812. The van der Waals surface area contributed by atoms with Gasteiger partial charge in [0.05, 0.1) is 17.3 Å². The first-order chi connectivity index (χ1) is 9.49. The molecule has 1 aromatic heterocycles. The van der Waals surface area contributed by atoms with E-state index in [-0.39, 0.29) is 5.56 Å². The van der Waals surface area contributed by atoms with Gasteiger partial charge in [-0.25, -0.2) is 5.43 Å². The Bertz CT molecular complexity index is 577. The number of hydrazine groups is 1. The Morgan fingerprint density at radius 3 is 2.60 bits per heavy atom. The minimum Gasteiger partial charge on any atom is -0.271 e. The van der Waals surface area contributed by atoms with Crippen molar-refractivity contribution in [3.63, 3.8) is 0 Å². The topological polar surface area (TPSA) is 55.9 Å². The molecule has 3 N–H and O–H groups in total. The molecule has 1 aromatic carbocycles. The van der Waals surface area contributed by atoms with E-state index >= 15 is 0 Å². The van der Waals surface area contributed by atoms with Crippen molar-refractivity contribution in [1.29, 1.82) is 0 Å². The Morgan fingerprint density at radius 1 is 1.30 bits per heavy atom. The van der Waals surface area contributed by atoms with Crippen LogP contribution in [0.1, 0.15) is 29.8 Å². The van der Waals surface area contributed by atoms with Crippen LogP contribution in [0.2, 0.25) is 0 Å². The average Bonchev–Trinajstić information content (AvgIpc) is 2.87. The van der Waals surface area contributed by atoms with E-state index in [9.17, 15) is 13.2 Å². The molecular weight excluding hydrogens is 269 g/mol. The fourth-order valence-corrected chi connectivity index (χ4v) is 2.19. The molecule has 1 heterocycles. The summed E-state index contributed by atoms with van der Waals surface area (Å²) in [5.41, 5.74) is 2.42. The molecule has 2 aromatic rings. The number of rotatable bonds is 4. The van der Waals surface area contributed by atoms with Crippen LogP contribution >= 0.6 is 0 Å². The van der Waals surface area contributed by atoms with E-state index in [2.05, 4.69) is 10.5 Å². The van der Waals surface area contributed by atoms with Gasteiger partial charge in [0.2, 0.25) is 0 Å². The number of aryl methyl sites for hydroxylation is 1. The summed E-state index contributed by atoms with van der Waals surface area (Å²) >= 11 is 0. The van der Waals surface area contributed by atoms with Crippen LogP contribution in [0.25, 0.3) is 0 Å². The molecule has 0 bridgehead atoms. The maximum atomic E-state index is 13.1. The molecule has 0 amide bonds. The number of alkyl halides is 3. The van der Waals surface area contributed by atoms with E-state index in [1.807, 2.05) is 6.92 Å². The smallest absolute Gasteiger partial charge is 0.271 e. The van der Waals surface area contributed by atoms with Crippen LogP contribution in [-0.4, -0.2) is 9.78 Å². The molecule has 108 valence electrons. The first-order valence-electron chi connectivity index (χ1n) is 6.13. The summed E-state index contributed by atoms with van der Waals surface area (Å²) in [6.07, 6.45) is -2.89. The molecule has 20 heavy (non-hydrogen) atoms. The SMILES string of the molecule is CCn1nccc1C(NN)c1ccccc1C(F)(F)F. The van der Waals surface area contributed by atoms with E-state index in [4.69, 9.17) is 5.84 Å². The third kappa shape index (κ3) is 2.68. The predicted octanol–water partition coefficient (Wildman–Crippen LogP) is 2.47. The molecule has 2 rings (SSSR count). The van der Waals surface area contributed by atoms with Gasteiger partial charge in [-0.3, -0.25) is 10.5 Å². The van der Waals surface area contributed by atoms with Crippen molar-refractivity contribution >= 4 is 0 Å². The largest absolute Gasteiger partial charge is 0.416 e. The Balaban J connectivity index is 2.53. The lowest BCUT2D eigenvalue weighted by atomic mass is 9.98. The number of benzene rings is 1. The zero-order valence-corrected chi connectivity index (χ0v) is 10.9. The molecular formula is C13H15F3N4. The van der Waals surface area contributed by atoms with Crippen LogP contribution in [0.15, 0.2) is 36.5 Å². The van der Waals surface area contributed by atoms with Crippen LogP contribution in [-0.2, 0) is 12.7 Å². The van der Waals surface area contributed by atoms with Gasteiger partial charge < -0.3 is 0 Å². The van der Waals surface area contributed by atoms with Gasteiger partial charge in [0.15, 0.2) is 0 Å². The Morgan fingerprint density at radius 2 is 2.00 bits per heavy atom. The number of aromatic nitrogens is 2. The highest BCUT2D eigenvalue weighted by molar-refractivity contribution is 5.36.